The Morgan fingerprint density at radius 2 is 1.83 bits per heavy atom. The van der Waals surface area contributed by atoms with Crippen molar-refractivity contribution in [1.29, 1.82) is 0 Å². The van der Waals surface area contributed by atoms with Crippen LogP contribution in [0.2, 0.25) is 0 Å². The average molecular weight is 265 g/mol. The molecule has 0 amide bonds. The van der Waals surface area contributed by atoms with E-state index in [9.17, 15) is 0 Å². The van der Waals surface area contributed by atoms with Crippen molar-refractivity contribution >= 4 is 11.6 Å². The topological polar surface area (TPSA) is 9.23 Å². The van der Waals surface area contributed by atoms with Gasteiger partial charge in [-0.2, -0.15) is 0 Å². The first-order valence-corrected chi connectivity index (χ1v) is 7.11. The van der Waals surface area contributed by atoms with Crippen molar-refractivity contribution in [3.63, 3.8) is 0 Å². The van der Waals surface area contributed by atoms with E-state index in [1.165, 1.54) is 36.8 Å². The highest BCUT2D eigenvalue weighted by atomic mass is 35.5. The van der Waals surface area contributed by atoms with Gasteiger partial charge >= 0.3 is 0 Å². The maximum atomic E-state index is 5.64. The molecule has 0 unspecified atom stereocenters. The second-order valence-corrected chi connectivity index (χ2v) is 5.36. The van der Waals surface area contributed by atoms with E-state index in [0.29, 0.717) is 12.5 Å². The van der Waals surface area contributed by atoms with Gasteiger partial charge in [0.15, 0.2) is 0 Å². The molecule has 2 rings (SSSR count). The van der Waals surface area contributed by atoms with E-state index >= 15 is 0 Å². The van der Waals surface area contributed by atoms with E-state index in [2.05, 4.69) is 30.3 Å². The molecule has 0 atom stereocenters. The summed E-state index contributed by atoms with van der Waals surface area (Å²) in [5, 5.41) is 0. The number of methoxy groups -OCH3 is 1. The molecule has 0 radical (unpaired) electrons. The van der Waals surface area contributed by atoms with Crippen LogP contribution in [0.25, 0.3) is 0 Å². The molecule has 0 heterocycles. The average Bonchev–Trinajstić information content (AvgIpc) is 2.41. The zero-order chi connectivity index (χ0) is 12.8. The van der Waals surface area contributed by atoms with Gasteiger partial charge in [-0.3, -0.25) is 0 Å². The fourth-order valence-electron chi connectivity index (χ4n) is 2.80. The van der Waals surface area contributed by atoms with Crippen LogP contribution in [-0.2, 0) is 11.3 Å². The summed E-state index contributed by atoms with van der Waals surface area (Å²) in [6.07, 6.45) is 7.20. The van der Waals surface area contributed by atoms with Crippen LogP contribution in [0, 0.1) is 5.92 Å². The fourth-order valence-corrected chi connectivity index (χ4v) is 3.01. The first-order valence-electron chi connectivity index (χ1n) is 6.68. The lowest BCUT2D eigenvalue weighted by Crippen LogP contribution is -2.11. The van der Waals surface area contributed by atoms with Crippen LogP contribution in [0.4, 0.5) is 0 Å². The molecule has 18 heavy (non-hydrogen) atoms. The summed E-state index contributed by atoms with van der Waals surface area (Å²) in [6.45, 7) is 0.702. The molecule has 1 aliphatic carbocycles. The van der Waals surface area contributed by atoms with Crippen LogP contribution in [0.1, 0.15) is 42.7 Å². The lowest BCUT2D eigenvalue weighted by molar-refractivity contribution is 0.185. The molecule has 0 aromatic heterocycles. The lowest BCUT2D eigenvalue weighted by Gasteiger charge is -2.27. The number of benzene rings is 1. The smallest absolute Gasteiger partial charge is 0.0713 e. The minimum Gasteiger partial charge on any atom is -0.380 e. The monoisotopic (exact) mass is 264 g/mol. The number of halogens is 1. The summed E-state index contributed by atoms with van der Waals surface area (Å²) in [7, 11) is 1.74. The first kappa shape index (κ1) is 13.6. The van der Waals surface area contributed by atoms with Crippen LogP contribution in [-0.4, -0.2) is 7.11 Å². The molecule has 1 saturated carbocycles. The van der Waals surface area contributed by atoms with E-state index in [4.69, 9.17) is 16.3 Å². The molecule has 1 aromatic rings. The van der Waals surface area contributed by atoms with Gasteiger partial charge in [-0.05, 0) is 48.6 Å². The minimum atomic E-state index is 0.687. The Labute approximate surface area is 115 Å². The maximum Gasteiger partial charge on any atom is 0.0713 e. The Morgan fingerprint density at radius 1 is 1.17 bits per heavy atom. The van der Waals surface area contributed by atoms with E-state index in [1.54, 1.807) is 12.6 Å². The van der Waals surface area contributed by atoms with Crippen molar-refractivity contribution in [2.24, 2.45) is 5.92 Å². The number of ether oxygens (including phenoxy) is 1. The zero-order valence-corrected chi connectivity index (χ0v) is 11.7. The van der Waals surface area contributed by atoms with Crippen molar-refractivity contribution in [3.8, 4) is 0 Å². The van der Waals surface area contributed by atoms with E-state index in [-0.39, 0.29) is 0 Å². The van der Waals surface area contributed by atoms with Crippen molar-refractivity contribution in [3.05, 3.63) is 47.0 Å². The molecule has 0 spiro atoms. The molecule has 0 aliphatic heterocycles. The van der Waals surface area contributed by atoms with E-state index in [1.807, 2.05) is 0 Å². The summed E-state index contributed by atoms with van der Waals surface area (Å²) in [4.78, 5) is 0. The van der Waals surface area contributed by atoms with Crippen molar-refractivity contribution in [1.82, 2.24) is 0 Å². The highest BCUT2D eigenvalue weighted by Gasteiger charge is 2.20. The van der Waals surface area contributed by atoms with Gasteiger partial charge in [0.05, 0.1) is 6.61 Å². The van der Waals surface area contributed by atoms with E-state index in [0.717, 1.165) is 5.92 Å². The summed E-state index contributed by atoms with van der Waals surface area (Å²) in [6, 6.07) is 8.89. The molecule has 2 heteroatoms. The minimum absolute atomic E-state index is 0.687. The van der Waals surface area contributed by atoms with Gasteiger partial charge in [0.25, 0.3) is 0 Å². The first-order chi connectivity index (χ1) is 8.83. The largest absolute Gasteiger partial charge is 0.380 e. The molecular formula is C16H21ClO. The normalized spacial score (nSPS) is 24.6. The Balaban J connectivity index is 1.92. The predicted octanol–water partition coefficient (Wildman–Crippen LogP) is 4.86. The zero-order valence-electron chi connectivity index (χ0n) is 10.9. The highest BCUT2D eigenvalue weighted by molar-refractivity contribution is 6.25. The maximum absolute atomic E-state index is 5.64. The van der Waals surface area contributed by atoms with Gasteiger partial charge in [0, 0.05) is 12.6 Å². The summed E-state index contributed by atoms with van der Waals surface area (Å²) >= 11 is 5.64. The second-order valence-electron chi connectivity index (χ2n) is 5.10. The van der Waals surface area contributed by atoms with Gasteiger partial charge in [0.2, 0.25) is 0 Å². The van der Waals surface area contributed by atoms with Crippen molar-refractivity contribution in [2.45, 2.75) is 38.2 Å². The number of allylic oxidation sites excluding steroid dienone is 1. The van der Waals surface area contributed by atoms with Gasteiger partial charge in [-0.25, -0.2) is 0 Å². The van der Waals surface area contributed by atoms with Crippen LogP contribution < -0.4 is 0 Å². The molecular weight excluding hydrogens is 244 g/mol. The molecule has 0 saturated heterocycles. The Hall–Kier alpha value is -0.790. The van der Waals surface area contributed by atoms with Crippen LogP contribution in [0.15, 0.2) is 35.9 Å². The Kier molecular flexibility index (Phi) is 5.27. The van der Waals surface area contributed by atoms with Gasteiger partial charge in [-0.15, -0.1) is 0 Å². The number of hydrogen-bond acceptors (Lipinski definition) is 1. The number of hydrogen-bond donors (Lipinski definition) is 0. The molecule has 1 nitrogen and oxygen atoms in total. The van der Waals surface area contributed by atoms with Crippen molar-refractivity contribution in [2.75, 3.05) is 7.11 Å². The summed E-state index contributed by atoms with van der Waals surface area (Å²) < 4.78 is 5.13. The Morgan fingerprint density at radius 3 is 2.39 bits per heavy atom. The summed E-state index contributed by atoms with van der Waals surface area (Å²) in [5.74, 6) is 1.41. The van der Waals surface area contributed by atoms with Crippen LogP contribution >= 0.6 is 11.6 Å². The second kappa shape index (κ2) is 6.96. The SMILES string of the molecule is COCc1ccc([C@H]2CC[C@H](/C=C/Cl)CC2)cc1. The number of rotatable bonds is 4. The molecule has 0 N–H and O–H groups in total. The quantitative estimate of drug-likeness (QED) is 0.755. The fraction of sp³-hybridized carbons (Fsp3) is 0.500. The third-order valence-electron chi connectivity index (χ3n) is 3.88. The van der Waals surface area contributed by atoms with Gasteiger partial charge < -0.3 is 4.74 Å². The summed E-state index contributed by atoms with van der Waals surface area (Å²) in [5.41, 5.74) is 4.40. The lowest BCUT2D eigenvalue weighted by atomic mass is 9.79. The molecule has 1 aromatic carbocycles. The third-order valence-corrected chi connectivity index (χ3v) is 4.02. The van der Waals surface area contributed by atoms with Crippen LogP contribution in [0.5, 0.6) is 0 Å². The van der Waals surface area contributed by atoms with Crippen LogP contribution in [0.3, 0.4) is 0 Å². The highest BCUT2D eigenvalue weighted by Crippen LogP contribution is 2.36. The Bertz CT molecular complexity index is 375. The molecule has 1 aliphatic rings. The molecule has 1 fully saturated rings. The van der Waals surface area contributed by atoms with Gasteiger partial charge in [0.1, 0.15) is 0 Å². The molecule has 98 valence electrons. The van der Waals surface area contributed by atoms with Gasteiger partial charge in [-0.1, -0.05) is 41.9 Å². The molecule has 0 bridgehead atoms. The standard InChI is InChI=1S/C16H21ClO/c1-18-12-14-4-8-16(9-5-14)15-6-2-13(3-7-15)10-11-17/h4-5,8-11,13,15H,2-3,6-7,12H2,1H3/b11-10+/t13-,15-. The third kappa shape index (κ3) is 3.60. The predicted molar refractivity (Wildman–Crippen MR) is 76.8 cm³/mol. The van der Waals surface area contributed by atoms with E-state index < -0.39 is 0 Å². The van der Waals surface area contributed by atoms with Crippen molar-refractivity contribution < 1.29 is 4.74 Å².